The number of thiazole rings is 1. The third kappa shape index (κ3) is 4.09. The molecule has 158 valence electrons. The van der Waals surface area contributed by atoms with Crippen LogP contribution in [0.1, 0.15) is 18.5 Å². The van der Waals surface area contributed by atoms with Crippen molar-refractivity contribution in [3.05, 3.63) is 64.8 Å². The highest BCUT2D eigenvalue weighted by Crippen LogP contribution is 2.34. The molecule has 6 nitrogen and oxygen atoms in total. The zero-order chi connectivity index (χ0) is 21.4. The summed E-state index contributed by atoms with van der Waals surface area (Å²) in [4.78, 5) is 20.1. The highest BCUT2D eigenvalue weighted by Gasteiger charge is 2.28. The minimum atomic E-state index is -0.0635. The van der Waals surface area contributed by atoms with Crippen molar-refractivity contribution in [2.75, 3.05) is 23.3 Å². The van der Waals surface area contributed by atoms with E-state index in [1.54, 1.807) is 11.3 Å². The first-order chi connectivity index (χ1) is 15.1. The van der Waals surface area contributed by atoms with Gasteiger partial charge < -0.3 is 10.2 Å². The summed E-state index contributed by atoms with van der Waals surface area (Å²) in [5.74, 6) is 0.00187. The van der Waals surface area contributed by atoms with Crippen LogP contribution in [0.2, 0.25) is 0 Å². The van der Waals surface area contributed by atoms with Crippen molar-refractivity contribution in [2.45, 2.75) is 19.8 Å². The molecular weight excluding hydrogens is 474 g/mol. The maximum atomic E-state index is 12.9. The maximum Gasteiger partial charge on any atom is 0.229 e. The van der Waals surface area contributed by atoms with Crippen molar-refractivity contribution in [3.8, 4) is 5.69 Å². The van der Waals surface area contributed by atoms with E-state index in [1.807, 2.05) is 66.2 Å². The van der Waals surface area contributed by atoms with Gasteiger partial charge in [-0.05, 0) is 50.1 Å². The third-order valence-corrected chi connectivity index (χ3v) is 7.24. The number of halogens is 1. The number of nitrogens with one attached hydrogen (secondary N) is 1. The molecule has 0 radical (unpaired) electrons. The van der Waals surface area contributed by atoms with Crippen LogP contribution in [0.4, 0.5) is 10.8 Å². The topological polar surface area (TPSA) is 63.1 Å². The van der Waals surface area contributed by atoms with Gasteiger partial charge in [-0.1, -0.05) is 51.5 Å². The van der Waals surface area contributed by atoms with Crippen LogP contribution in [0.3, 0.4) is 0 Å². The number of hydrogen-bond donors (Lipinski definition) is 1. The molecule has 1 N–H and O–H groups in total. The number of anilines is 2. The first kappa shape index (κ1) is 20.2. The predicted molar refractivity (Wildman–Crippen MR) is 129 cm³/mol. The molecule has 5 rings (SSSR count). The average molecular weight is 496 g/mol. The van der Waals surface area contributed by atoms with Gasteiger partial charge in [0.2, 0.25) is 5.91 Å². The Bertz CT molecular complexity index is 1240. The van der Waals surface area contributed by atoms with E-state index in [1.165, 1.54) is 0 Å². The second-order valence-electron chi connectivity index (χ2n) is 7.77. The molecule has 1 fully saturated rings. The summed E-state index contributed by atoms with van der Waals surface area (Å²) >= 11 is 5.12. The second-order valence-corrected chi connectivity index (χ2v) is 9.66. The molecule has 1 saturated heterocycles. The van der Waals surface area contributed by atoms with Gasteiger partial charge in [-0.3, -0.25) is 4.79 Å². The Hall–Kier alpha value is -2.71. The lowest BCUT2D eigenvalue weighted by atomic mass is 9.97. The number of rotatable bonds is 4. The molecule has 0 aliphatic carbocycles. The van der Waals surface area contributed by atoms with Gasteiger partial charge >= 0.3 is 0 Å². The first-order valence-electron chi connectivity index (χ1n) is 10.3. The zero-order valence-electron chi connectivity index (χ0n) is 17.1. The van der Waals surface area contributed by atoms with Crippen LogP contribution in [0.15, 0.2) is 59.1 Å². The Balaban J connectivity index is 1.37. The molecule has 2 aromatic carbocycles. The van der Waals surface area contributed by atoms with Gasteiger partial charge in [-0.25, -0.2) is 4.68 Å². The highest BCUT2D eigenvalue weighted by atomic mass is 79.9. The van der Waals surface area contributed by atoms with Crippen LogP contribution < -0.4 is 10.2 Å². The van der Waals surface area contributed by atoms with Crippen LogP contribution in [-0.2, 0) is 4.79 Å². The van der Waals surface area contributed by atoms with Gasteiger partial charge in [0.25, 0.3) is 0 Å². The zero-order valence-corrected chi connectivity index (χ0v) is 19.5. The Morgan fingerprint density at radius 3 is 2.84 bits per heavy atom. The molecule has 0 bridgehead atoms. The molecule has 0 spiro atoms. The fourth-order valence-corrected chi connectivity index (χ4v) is 5.40. The Kier molecular flexibility index (Phi) is 5.50. The normalized spacial score (nSPS) is 16.6. The first-order valence-corrected chi connectivity index (χ1v) is 11.9. The van der Waals surface area contributed by atoms with Crippen LogP contribution in [0, 0.1) is 12.8 Å². The van der Waals surface area contributed by atoms with E-state index in [9.17, 15) is 4.79 Å². The Labute approximate surface area is 193 Å². The van der Waals surface area contributed by atoms with Crippen LogP contribution in [0.5, 0.6) is 0 Å². The summed E-state index contributed by atoms with van der Waals surface area (Å²) in [6.07, 6.45) is 1.86. The number of carbonyl (C=O) groups is 1. The lowest BCUT2D eigenvalue weighted by molar-refractivity contribution is -0.120. The van der Waals surface area contributed by atoms with Crippen LogP contribution in [-0.4, -0.2) is 33.8 Å². The van der Waals surface area contributed by atoms with Crippen molar-refractivity contribution in [3.63, 3.8) is 0 Å². The second kappa shape index (κ2) is 8.43. The van der Waals surface area contributed by atoms with Gasteiger partial charge in [0.1, 0.15) is 0 Å². The van der Waals surface area contributed by atoms with Crippen molar-refractivity contribution in [2.24, 2.45) is 5.92 Å². The molecule has 4 aromatic rings. The van der Waals surface area contributed by atoms with Crippen molar-refractivity contribution < 1.29 is 4.79 Å². The number of hydrogen-bond acceptors (Lipinski definition) is 5. The van der Waals surface area contributed by atoms with Crippen LogP contribution >= 0.6 is 27.3 Å². The van der Waals surface area contributed by atoms with Gasteiger partial charge in [0, 0.05) is 23.2 Å². The SMILES string of the molecule is Cc1nn(-c2ccccc2)c2nc(N3CCC[C@@H](C(=O)Nc4cccc(Br)c4)C3)sc12. The van der Waals surface area contributed by atoms with Crippen molar-refractivity contribution >= 4 is 54.3 Å². The largest absolute Gasteiger partial charge is 0.347 e. The van der Waals surface area contributed by atoms with Gasteiger partial charge in [0.05, 0.1) is 22.0 Å². The number of aryl methyl sites for hydroxylation is 1. The van der Waals surface area contributed by atoms with E-state index in [2.05, 4.69) is 31.2 Å². The minimum Gasteiger partial charge on any atom is -0.347 e. The van der Waals surface area contributed by atoms with E-state index in [-0.39, 0.29) is 11.8 Å². The molecule has 0 unspecified atom stereocenters. The maximum absolute atomic E-state index is 12.9. The third-order valence-electron chi connectivity index (χ3n) is 5.53. The van der Waals surface area contributed by atoms with Gasteiger partial charge in [-0.2, -0.15) is 10.1 Å². The summed E-state index contributed by atoms with van der Waals surface area (Å²) in [5, 5.41) is 8.70. The average Bonchev–Trinajstić information content (AvgIpc) is 3.35. The number of fused-ring (bicyclic) bond motifs is 1. The van der Waals surface area contributed by atoms with Gasteiger partial charge in [0.15, 0.2) is 10.8 Å². The molecule has 2 aromatic heterocycles. The number of amides is 1. The molecule has 1 amide bonds. The quantitative estimate of drug-likeness (QED) is 0.411. The minimum absolute atomic E-state index is 0.0635. The number of piperidine rings is 1. The monoisotopic (exact) mass is 495 g/mol. The molecule has 1 aliphatic rings. The predicted octanol–water partition coefficient (Wildman–Crippen LogP) is 5.41. The lowest BCUT2D eigenvalue weighted by Crippen LogP contribution is -2.40. The summed E-state index contributed by atoms with van der Waals surface area (Å²) < 4.78 is 3.96. The molecular formula is C23H22BrN5OS. The summed E-state index contributed by atoms with van der Waals surface area (Å²) in [5.41, 5.74) is 3.67. The molecule has 0 saturated carbocycles. The molecule has 1 atom stereocenters. The summed E-state index contributed by atoms with van der Waals surface area (Å²) in [7, 11) is 0. The number of nitrogens with zero attached hydrogens (tertiary/aromatic N) is 4. The standard InChI is InChI=1S/C23H22BrN5OS/c1-15-20-21(29(27-15)19-10-3-2-4-11-19)26-23(31-20)28-12-6-7-16(14-28)22(30)25-18-9-5-8-17(24)13-18/h2-5,8-11,13,16H,6-7,12,14H2,1H3,(H,25,30)/t16-/m1/s1. The van der Waals surface area contributed by atoms with Crippen molar-refractivity contribution in [1.29, 1.82) is 0 Å². The lowest BCUT2D eigenvalue weighted by Gasteiger charge is -2.31. The highest BCUT2D eigenvalue weighted by molar-refractivity contribution is 9.10. The van der Waals surface area contributed by atoms with Crippen LogP contribution in [0.25, 0.3) is 16.0 Å². The Morgan fingerprint density at radius 2 is 2.03 bits per heavy atom. The van der Waals surface area contributed by atoms with E-state index >= 15 is 0 Å². The Morgan fingerprint density at radius 1 is 1.19 bits per heavy atom. The summed E-state index contributed by atoms with van der Waals surface area (Å²) in [6.45, 7) is 3.61. The molecule has 3 heterocycles. The number of para-hydroxylation sites is 1. The number of aromatic nitrogens is 3. The summed E-state index contributed by atoms with van der Waals surface area (Å²) in [6, 6.07) is 17.8. The number of carbonyl (C=O) groups excluding carboxylic acids is 1. The molecule has 31 heavy (non-hydrogen) atoms. The van der Waals surface area contributed by atoms with E-state index in [0.29, 0.717) is 6.54 Å². The fourth-order valence-electron chi connectivity index (χ4n) is 3.98. The molecule has 1 aliphatic heterocycles. The van der Waals surface area contributed by atoms with E-state index in [4.69, 9.17) is 4.98 Å². The van der Waals surface area contributed by atoms with Crippen molar-refractivity contribution in [1.82, 2.24) is 14.8 Å². The molecule has 8 heteroatoms. The van der Waals surface area contributed by atoms with E-state index in [0.717, 1.165) is 56.4 Å². The smallest absolute Gasteiger partial charge is 0.229 e. The fraction of sp³-hybridized carbons (Fsp3) is 0.261. The number of benzene rings is 2. The van der Waals surface area contributed by atoms with Gasteiger partial charge in [-0.15, -0.1) is 0 Å². The van der Waals surface area contributed by atoms with E-state index < -0.39 is 0 Å².